The predicted octanol–water partition coefficient (Wildman–Crippen LogP) is 1.85. The molecule has 7 heteroatoms. The molecule has 0 radical (unpaired) electrons. The average Bonchev–Trinajstić information content (AvgIpc) is 2.32. The number of rotatable bonds is 10. The van der Waals surface area contributed by atoms with E-state index in [0.717, 1.165) is 19.3 Å². The SMILES string of the molecule is CCCCCNC(=O)C(C)NCCOCC(F)(F)F. The standard InChI is InChI=1S/C12H23F3N2O2/c1-3-4-5-6-17-11(18)10(2)16-7-8-19-9-12(13,14)15/h10,16H,3-9H2,1-2H3,(H,17,18). The Morgan fingerprint density at radius 2 is 1.95 bits per heavy atom. The second-order valence-corrected chi connectivity index (χ2v) is 4.34. The molecule has 0 fully saturated rings. The fourth-order valence-corrected chi connectivity index (χ4v) is 1.37. The van der Waals surface area contributed by atoms with Crippen molar-refractivity contribution in [2.45, 2.75) is 45.3 Å². The molecule has 0 saturated carbocycles. The molecule has 0 bridgehead atoms. The van der Waals surface area contributed by atoms with Gasteiger partial charge in [-0.15, -0.1) is 0 Å². The zero-order valence-electron chi connectivity index (χ0n) is 11.5. The Bertz CT molecular complexity index is 248. The van der Waals surface area contributed by atoms with Gasteiger partial charge < -0.3 is 15.4 Å². The Kier molecular flexibility index (Phi) is 9.59. The van der Waals surface area contributed by atoms with Gasteiger partial charge in [-0.2, -0.15) is 13.2 Å². The van der Waals surface area contributed by atoms with Crippen LogP contribution in [0.15, 0.2) is 0 Å². The second-order valence-electron chi connectivity index (χ2n) is 4.34. The van der Waals surface area contributed by atoms with Gasteiger partial charge in [0, 0.05) is 13.1 Å². The number of halogens is 3. The lowest BCUT2D eigenvalue weighted by molar-refractivity contribution is -0.173. The summed E-state index contributed by atoms with van der Waals surface area (Å²) in [6, 6.07) is -0.434. The summed E-state index contributed by atoms with van der Waals surface area (Å²) < 4.78 is 39.7. The van der Waals surface area contributed by atoms with Crippen molar-refractivity contribution in [3.63, 3.8) is 0 Å². The van der Waals surface area contributed by atoms with Gasteiger partial charge in [0.1, 0.15) is 6.61 Å². The summed E-state index contributed by atoms with van der Waals surface area (Å²) in [6.45, 7) is 3.24. The van der Waals surface area contributed by atoms with Crippen molar-refractivity contribution < 1.29 is 22.7 Å². The molecule has 0 aromatic rings. The zero-order valence-corrected chi connectivity index (χ0v) is 11.5. The Morgan fingerprint density at radius 3 is 2.53 bits per heavy atom. The van der Waals surface area contributed by atoms with Crippen LogP contribution in [-0.2, 0) is 9.53 Å². The van der Waals surface area contributed by atoms with Gasteiger partial charge >= 0.3 is 6.18 Å². The van der Waals surface area contributed by atoms with Crippen LogP contribution in [0.1, 0.15) is 33.1 Å². The number of alkyl halides is 3. The normalized spacial score (nSPS) is 13.3. The minimum atomic E-state index is -4.30. The number of ether oxygens (including phenoxy) is 1. The van der Waals surface area contributed by atoms with Crippen molar-refractivity contribution in [1.29, 1.82) is 0 Å². The summed E-state index contributed by atoms with van der Waals surface area (Å²) in [4.78, 5) is 11.5. The Hall–Kier alpha value is -0.820. The van der Waals surface area contributed by atoms with E-state index in [1.807, 2.05) is 0 Å². The van der Waals surface area contributed by atoms with Gasteiger partial charge in [-0.3, -0.25) is 4.79 Å². The minimum Gasteiger partial charge on any atom is -0.371 e. The van der Waals surface area contributed by atoms with Crippen LogP contribution in [0.5, 0.6) is 0 Å². The van der Waals surface area contributed by atoms with Crippen molar-refractivity contribution in [2.75, 3.05) is 26.3 Å². The number of hydrogen-bond acceptors (Lipinski definition) is 3. The highest BCUT2D eigenvalue weighted by atomic mass is 19.4. The zero-order chi connectivity index (χ0) is 14.7. The molecular formula is C12H23F3N2O2. The fraction of sp³-hybridized carbons (Fsp3) is 0.917. The second kappa shape index (κ2) is 10.0. The first-order chi connectivity index (χ1) is 8.87. The molecule has 0 spiro atoms. The van der Waals surface area contributed by atoms with Gasteiger partial charge in [-0.25, -0.2) is 0 Å². The Balaban J connectivity index is 3.51. The predicted molar refractivity (Wildman–Crippen MR) is 66.9 cm³/mol. The Labute approximate surface area is 112 Å². The van der Waals surface area contributed by atoms with Gasteiger partial charge in [-0.05, 0) is 13.3 Å². The first-order valence-electron chi connectivity index (χ1n) is 6.52. The molecule has 0 aromatic carbocycles. The van der Waals surface area contributed by atoms with Crippen molar-refractivity contribution in [2.24, 2.45) is 0 Å². The summed E-state index contributed by atoms with van der Waals surface area (Å²) >= 11 is 0. The van der Waals surface area contributed by atoms with Gasteiger partial charge in [0.15, 0.2) is 0 Å². The summed E-state index contributed by atoms with van der Waals surface area (Å²) in [5.74, 6) is -0.146. The average molecular weight is 284 g/mol. The van der Waals surface area contributed by atoms with Crippen molar-refractivity contribution in [3.05, 3.63) is 0 Å². The summed E-state index contributed by atoms with van der Waals surface area (Å²) in [7, 11) is 0. The summed E-state index contributed by atoms with van der Waals surface area (Å²) in [5, 5.41) is 5.57. The molecule has 1 amide bonds. The van der Waals surface area contributed by atoms with Crippen molar-refractivity contribution >= 4 is 5.91 Å². The van der Waals surface area contributed by atoms with Crippen LogP contribution in [0, 0.1) is 0 Å². The lowest BCUT2D eigenvalue weighted by Crippen LogP contribution is -2.43. The van der Waals surface area contributed by atoms with E-state index in [2.05, 4.69) is 22.3 Å². The van der Waals surface area contributed by atoms with Gasteiger partial charge in [-0.1, -0.05) is 19.8 Å². The van der Waals surface area contributed by atoms with E-state index in [4.69, 9.17) is 0 Å². The lowest BCUT2D eigenvalue weighted by atomic mass is 10.2. The molecule has 0 aliphatic carbocycles. The molecule has 114 valence electrons. The first kappa shape index (κ1) is 18.2. The molecular weight excluding hydrogens is 261 g/mol. The van der Waals surface area contributed by atoms with Crippen LogP contribution in [0.4, 0.5) is 13.2 Å². The minimum absolute atomic E-state index is 0.0764. The van der Waals surface area contributed by atoms with Crippen LogP contribution >= 0.6 is 0 Å². The molecule has 0 aromatic heterocycles. The first-order valence-corrected chi connectivity index (χ1v) is 6.52. The smallest absolute Gasteiger partial charge is 0.371 e. The maximum Gasteiger partial charge on any atom is 0.411 e. The maximum absolute atomic E-state index is 11.8. The molecule has 0 aliphatic rings. The number of carbonyl (C=O) groups is 1. The van der Waals surface area contributed by atoms with Gasteiger partial charge in [0.25, 0.3) is 0 Å². The lowest BCUT2D eigenvalue weighted by Gasteiger charge is -2.14. The monoisotopic (exact) mass is 284 g/mol. The topological polar surface area (TPSA) is 50.4 Å². The van der Waals surface area contributed by atoms with Gasteiger partial charge in [0.05, 0.1) is 12.6 Å². The number of carbonyl (C=O) groups excluding carboxylic acids is 1. The molecule has 0 aliphatic heterocycles. The van der Waals surface area contributed by atoms with E-state index in [-0.39, 0.29) is 19.1 Å². The van der Waals surface area contributed by atoms with E-state index in [9.17, 15) is 18.0 Å². The van der Waals surface area contributed by atoms with Crippen LogP contribution < -0.4 is 10.6 Å². The van der Waals surface area contributed by atoms with Crippen molar-refractivity contribution in [1.82, 2.24) is 10.6 Å². The van der Waals surface area contributed by atoms with Crippen LogP contribution in [0.3, 0.4) is 0 Å². The maximum atomic E-state index is 11.8. The van der Waals surface area contributed by atoms with E-state index in [0.29, 0.717) is 6.54 Å². The third kappa shape index (κ3) is 12.0. The van der Waals surface area contributed by atoms with E-state index < -0.39 is 18.8 Å². The molecule has 0 rings (SSSR count). The number of nitrogens with one attached hydrogen (secondary N) is 2. The summed E-state index contributed by atoms with van der Waals surface area (Å²) in [5.41, 5.74) is 0. The fourth-order valence-electron chi connectivity index (χ4n) is 1.37. The third-order valence-electron chi connectivity index (χ3n) is 2.44. The highest BCUT2D eigenvalue weighted by Gasteiger charge is 2.27. The molecule has 0 saturated heterocycles. The largest absolute Gasteiger partial charge is 0.411 e. The quantitative estimate of drug-likeness (QED) is 0.602. The molecule has 19 heavy (non-hydrogen) atoms. The molecule has 0 heterocycles. The molecule has 4 nitrogen and oxygen atoms in total. The van der Waals surface area contributed by atoms with E-state index in [1.165, 1.54) is 0 Å². The van der Waals surface area contributed by atoms with E-state index >= 15 is 0 Å². The number of unbranched alkanes of at least 4 members (excludes halogenated alkanes) is 2. The van der Waals surface area contributed by atoms with E-state index in [1.54, 1.807) is 6.92 Å². The van der Waals surface area contributed by atoms with Crippen LogP contribution in [0.25, 0.3) is 0 Å². The van der Waals surface area contributed by atoms with Gasteiger partial charge in [0.2, 0.25) is 5.91 Å². The number of hydrogen-bond donors (Lipinski definition) is 2. The van der Waals surface area contributed by atoms with Crippen molar-refractivity contribution in [3.8, 4) is 0 Å². The third-order valence-corrected chi connectivity index (χ3v) is 2.44. The molecule has 2 N–H and O–H groups in total. The highest BCUT2D eigenvalue weighted by Crippen LogP contribution is 2.13. The highest BCUT2D eigenvalue weighted by molar-refractivity contribution is 5.81. The number of amides is 1. The molecule has 1 atom stereocenters. The van der Waals surface area contributed by atoms with Crippen LogP contribution in [0.2, 0.25) is 0 Å². The Morgan fingerprint density at radius 1 is 1.26 bits per heavy atom. The molecule has 1 unspecified atom stereocenters. The summed E-state index contributed by atoms with van der Waals surface area (Å²) in [6.07, 6.45) is -1.22. The van der Waals surface area contributed by atoms with Crippen LogP contribution in [-0.4, -0.2) is 44.4 Å².